The number of ether oxygens (including phenoxy) is 1. The molecular weight excluding hydrogens is 391 g/mol. The van der Waals surface area contributed by atoms with Gasteiger partial charge in [-0.1, -0.05) is 31.9 Å². The van der Waals surface area contributed by atoms with Crippen LogP contribution in [0.5, 0.6) is 5.75 Å². The van der Waals surface area contributed by atoms with Crippen LogP contribution in [0.2, 0.25) is 0 Å². The lowest BCUT2D eigenvalue weighted by Crippen LogP contribution is -2.53. The van der Waals surface area contributed by atoms with E-state index in [9.17, 15) is 9.18 Å². The van der Waals surface area contributed by atoms with Crippen LogP contribution in [-0.2, 0) is 10.2 Å². The van der Waals surface area contributed by atoms with Crippen molar-refractivity contribution in [2.24, 2.45) is 17.1 Å². The normalized spacial score (nSPS) is 33.2. The molecule has 0 aliphatic heterocycles. The van der Waals surface area contributed by atoms with Crippen molar-refractivity contribution in [2.75, 3.05) is 13.2 Å². The predicted molar refractivity (Wildman–Crippen MR) is 122 cm³/mol. The van der Waals surface area contributed by atoms with Gasteiger partial charge in [-0.2, -0.15) is 0 Å². The maximum Gasteiger partial charge on any atom is 0.226 e. The Kier molecular flexibility index (Phi) is 6.71. The van der Waals surface area contributed by atoms with Crippen LogP contribution < -0.4 is 15.8 Å². The van der Waals surface area contributed by atoms with E-state index in [1.807, 2.05) is 12.1 Å². The highest BCUT2D eigenvalue weighted by Gasteiger charge is 2.53. The van der Waals surface area contributed by atoms with Crippen LogP contribution in [-0.4, -0.2) is 25.1 Å². The van der Waals surface area contributed by atoms with Crippen molar-refractivity contribution in [2.45, 2.75) is 82.6 Å². The Morgan fingerprint density at radius 2 is 1.84 bits per heavy atom. The standard InChI is InChI=1S/C26H37FN2O2/c1-19-3-2-4-22(15-19)29-24(30)26-12-9-25(10-13-26,11-14-26)21-5-7-23(8-6-21)31-18-20(16-27)17-28/h5-8,16,19,22H,2-4,9-15,17-18,28H2,1H3,(H,29,30)/b20-16+/t19-,22?,25?,26?/m1/s1. The average molecular weight is 429 g/mol. The van der Waals surface area contributed by atoms with Crippen LogP contribution in [0, 0.1) is 11.3 Å². The van der Waals surface area contributed by atoms with Gasteiger partial charge in [-0.3, -0.25) is 4.79 Å². The summed E-state index contributed by atoms with van der Waals surface area (Å²) in [6.07, 6.45) is 11.5. The smallest absolute Gasteiger partial charge is 0.226 e. The molecule has 0 aromatic heterocycles. The van der Waals surface area contributed by atoms with Crippen LogP contribution in [0.4, 0.5) is 4.39 Å². The van der Waals surface area contributed by atoms with Crippen molar-refractivity contribution in [1.29, 1.82) is 0 Å². The highest BCUT2D eigenvalue weighted by molar-refractivity contribution is 5.83. The zero-order valence-corrected chi connectivity index (χ0v) is 18.8. The summed E-state index contributed by atoms with van der Waals surface area (Å²) >= 11 is 0. The van der Waals surface area contributed by atoms with Gasteiger partial charge in [-0.15, -0.1) is 0 Å². The van der Waals surface area contributed by atoms with E-state index in [1.165, 1.54) is 18.4 Å². The Morgan fingerprint density at radius 3 is 2.42 bits per heavy atom. The van der Waals surface area contributed by atoms with E-state index in [1.54, 1.807) is 0 Å². The molecule has 1 amide bonds. The number of nitrogens with two attached hydrogens (primary N) is 1. The number of hydrogen-bond donors (Lipinski definition) is 2. The summed E-state index contributed by atoms with van der Waals surface area (Å²) in [5.41, 5.74) is 7.30. The molecule has 2 atom stereocenters. The second-order valence-corrected chi connectivity index (χ2v) is 10.3. The molecule has 0 radical (unpaired) electrons. The van der Waals surface area contributed by atoms with Crippen LogP contribution in [0.15, 0.2) is 36.2 Å². The summed E-state index contributed by atoms with van der Waals surface area (Å²) in [5.74, 6) is 1.78. The fraction of sp³-hybridized carbons (Fsp3) is 0.654. The molecular formula is C26H37FN2O2. The minimum Gasteiger partial charge on any atom is -0.489 e. The van der Waals surface area contributed by atoms with Crippen molar-refractivity contribution in [3.8, 4) is 5.75 Å². The zero-order valence-electron chi connectivity index (χ0n) is 18.8. The maximum absolute atomic E-state index is 13.2. The second kappa shape index (κ2) is 9.32. The minimum atomic E-state index is -0.150. The van der Waals surface area contributed by atoms with Gasteiger partial charge < -0.3 is 15.8 Å². The number of benzene rings is 1. The first-order valence-corrected chi connectivity index (χ1v) is 12.0. The number of hydrogen-bond acceptors (Lipinski definition) is 3. The fourth-order valence-corrected chi connectivity index (χ4v) is 6.08. The summed E-state index contributed by atoms with van der Waals surface area (Å²) in [4.78, 5) is 13.2. The van der Waals surface area contributed by atoms with E-state index in [0.29, 0.717) is 23.9 Å². The number of fused-ring (bicyclic) bond motifs is 3. The van der Waals surface area contributed by atoms with Crippen molar-refractivity contribution in [3.63, 3.8) is 0 Å². The maximum atomic E-state index is 13.2. The summed E-state index contributed by atoms with van der Waals surface area (Å²) in [7, 11) is 0. The van der Waals surface area contributed by atoms with Gasteiger partial charge in [-0.05, 0) is 80.4 Å². The summed E-state index contributed by atoms with van der Waals surface area (Å²) in [6, 6.07) is 8.63. The molecule has 1 aromatic carbocycles. The van der Waals surface area contributed by atoms with E-state index < -0.39 is 0 Å². The van der Waals surface area contributed by atoms with E-state index >= 15 is 0 Å². The van der Waals surface area contributed by atoms with Gasteiger partial charge in [0.1, 0.15) is 12.4 Å². The molecule has 4 saturated carbocycles. The topological polar surface area (TPSA) is 64.3 Å². The van der Waals surface area contributed by atoms with E-state index in [0.717, 1.165) is 63.0 Å². The van der Waals surface area contributed by atoms with Gasteiger partial charge in [0.2, 0.25) is 5.91 Å². The van der Waals surface area contributed by atoms with Crippen molar-refractivity contribution in [1.82, 2.24) is 5.32 Å². The van der Waals surface area contributed by atoms with Crippen LogP contribution >= 0.6 is 0 Å². The van der Waals surface area contributed by atoms with Crippen LogP contribution in [0.3, 0.4) is 0 Å². The Bertz CT molecular complexity index is 780. The predicted octanol–water partition coefficient (Wildman–Crippen LogP) is 5.16. The van der Waals surface area contributed by atoms with Gasteiger partial charge in [-0.25, -0.2) is 4.39 Å². The van der Waals surface area contributed by atoms with Gasteiger partial charge in [0.15, 0.2) is 0 Å². The first-order chi connectivity index (χ1) is 15.0. The summed E-state index contributed by atoms with van der Waals surface area (Å²) < 4.78 is 18.3. The third-order valence-corrected chi connectivity index (χ3v) is 8.31. The SMILES string of the molecule is C[C@@H]1CCCC(NC(=O)C23CCC(c4ccc(OC/C(=C/F)CN)cc4)(CC2)CC3)C1. The van der Waals surface area contributed by atoms with Crippen LogP contribution in [0.25, 0.3) is 0 Å². The molecule has 5 rings (SSSR count). The molecule has 170 valence electrons. The van der Waals surface area contributed by atoms with E-state index in [4.69, 9.17) is 10.5 Å². The molecule has 3 N–H and O–H groups in total. The molecule has 1 aromatic rings. The Morgan fingerprint density at radius 1 is 1.16 bits per heavy atom. The van der Waals surface area contributed by atoms with Gasteiger partial charge in [0.05, 0.1) is 6.33 Å². The largest absolute Gasteiger partial charge is 0.489 e. The van der Waals surface area contributed by atoms with Crippen molar-refractivity contribution >= 4 is 5.91 Å². The van der Waals surface area contributed by atoms with Crippen molar-refractivity contribution < 1.29 is 13.9 Å². The van der Waals surface area contributed by atoms with Gasteiger partial charge in [0, 0.05) is 23.6 Å². The average Bonchev–Trinajstić information content (AvgIpc) is 2.81. The third kappa shape index (κ3) is 4.67. The molecule has 4 aliphatic carbocycles. The molecule has 4 fully saturated rings. The lowest BCUT2D eigenvalue weighted by molar-refractivity contribution is -0.139. The molecule has 1 unspecified atom stereocenters. The highest BCUT2D eigenvalue weighted by Crippen LogP contribution is 2.58. The molecule has 5 heteroatoms. The Hall–Kier alpha value is -1.88. The lowest BCUT2D eigenvalue weighted by Gasteiger charge is -2.53. The zero-order chi connectivity index (χ0) is 21.9. The molecule has 0 spiro atoms. The minimum absolute atomic E-state index is 0.150. The second-order valence-electron chi connectivity index (χ2n) is 10.3. The van der Waals surface area contributed by atoms with Crippen LogP contribution in [0.1, 0.15) is 76.7 Å². The summed E-state index contributed by atoms with van der Waals surface area (Å²) in [6.45, 7) is 2.64. The molecule has 0 heterocycles. The first-order valence-electron chi connectivity index (χ1n) is 12.0. The molecule has 4 nitrogen and oxygen atoms in total. The summed E-state index contributed by atoms with van der Waals surface area (Å²) in [5, 5.41) is 3.43. The first kappa shape index (κ1) is 22.3. The Balaban J connectivity index is 1.35. The molecule has 4 aliphatic rings. The number of rotatable bonds is 7. The number of carbonyl (C=O) groups is 1. The van der Waals surface area contributed by atoms with Crippen molar-refractivity contribution in [3.05, 3.63) is 41.7 Å². The Labute approximate surface area is 185 Å². The number of carbonyl (C=O) groups excluding carboxylic acids is 1. The van der Waals surface area contributed by atoms with E-state index in [2.05, 4.69) is 24.4 Å². The number of nitrogens with one attached hydrogen (secondary N) is 1. The fourth-order valence-electron chi connectivity index (χ4n) is 6.08. The molecule has 31 heavy (non-hydrogen) atoms. The van der Waals surface area contributed by atoms with Gasteiger partial charge >= 0.3 is 0 Å². The lowest BCUT2D eigenvalue weighted by atomic mass is 9.51. The number of amides is 1. The molecule has 0 saturated heterocycles. The quantitative estimate of drug-likeness (QED) is 0.630. The monoisotopic (exact) mass is 428 g/mol. The third-order valence-electron chi connectivity index (χ3n) is 8.31. The highest BCUT2D eigenvalue weighted by atomic mass is 19.1. The number of halogens is 1. The van der Waals surface area contributed by atoms with E-state index in [-0.39, 0.29) is 24.0 Å². The van der Waals surface area contributed by atoms with Gasteiger partial charge in [0.25, 0.3) is 0 Å². The molecule has 2 bridgehead atoms.